The molecule has 0 atom stereocenters. The number of carboxylic acid groups (broad SMARTS) is 1. The van der Waals surface area contributed by atoms with E-state index in [1.54, 1.807) is 0 Å². The van der Waals surface area contributed by atoms with Crippen LogP contribution in [0.15, 0.2) is 0 Å². The molecule has 0 rings (SSSR count). The molecule has 0 aromatic heterocycles. The first-order valence-electron chi connectivity index (χ1n) is 0.928. The van der Waals surface area contributed by atoms with Gasteiger partial charge in [-0.05, 0) is 0 Å². The Hall–Kier alpha value is 0.782. The third kappa shape index (κ3) is 112. The fraction of sp³-hybridized carbons (Fsp3) is 0.500. The van der Waals surface area contributed by atoms with Crippen molar-refractivity contribution < 1.29 is 50.4 Å². The number of aliphatic carboxylic acids is 1. The van der Waals surface area contributed by atoms with Crippen LogP contribution in [0.3, 0.4) is 0 Å². The quantitative estimate of drug-likeness (QED) is 0.624. The van der Waals surface area contributed by atoms with Crippen molar-refractivity contribution in [3.05, 3.63) is 0 Å². The minimum atomic E-state index is -0.833. The summed E-state index contributed by atoms with van der Waals surface area (Å²) in [6.07, 6.45) is 0. The molecule has 0 aliphatic heterocycles. The number of carbonyl (C=O) groups is 1. The summed E-state index contributed by atoms with van der Waals surface area (Å²) in [4.78, 5) is 9.00. The van der Waals surface area contributed by atoms with Crippen LogP contribution in [-0.2, 0) is 45.3 Å². The van der Waals surface area contributed by atoms with E-state index < -0.39 is 5.97 Å². The maximum Gasteiger partial charge on any atom is 0.300 e. The molecule has 0 aromatic rings. The molecule has 1 radical (unpaired) electrons. The van der Waals surface area contributed by atoms with Crippen molar-refractivity contribution in [1.29, 1.82) is 0 Å². The summed E-state index contributed by atoms with van der Waals surface area (Å²) >= 11 is 0. The molecule has 0 bridgehead atoms. The molecule has 0 unspecified atom stereocenters. The van der Waals surface area contributed by atoms with Crippen LogP contribution in [0.25, 0.3) is 0 Å². The van der Waals surface area contributed by atoms with Crippen LogP contribution in [0.4, 0.5) is 0 Å². The van der Waals surface area contributed by atoms with Crippen LogP contribution in [0, 0.1) is 0 Å². The minimum absolute atomic E-state index is 0. The average Bonchev–Trinajstić information content (AvgIpc) is 0.811. The summed E-state index contributed by atoms with van der Waals surface area (Å²) in [5.74, 6) is -0.833. The smallest absolute Gasteiger partial charge is 0.300 e. The third-order valence-electron chi connectivity index (χ3n) is 0. The number of carboxylic acids is 1. The van der Waals surface area contributed by atoms with Gasteiger partial charge in [0.1, 0.15) is 0 Å². The molecule has 0 aromatic carbocycles. The van der Waals surface area contributed by atoms with Crippen molar-refractivity contribution in [3.63, 3.8) is 0 Å². The Kier molecular flexibility index (Phi) is 24.4. The zero-order valence-corrected chi connectivity index (χ0v) is 6.92. The summed E-state index contributed by atoms with van der Waals surface area (Å²) in [5.41, 5.74) is 0. The van der Waals surface area contributed by atoms with Crippen LogP contribution in [0.2, 0.25) is 0 Å². The first kappa shape index (κ1) is 15.9. The van der Waals surface area contributed by atoms with Gasteiger partial charge in [0.15, 0.2) is 0 Å². The van der Waals surface area contributed by atoms with Gasteiger partial charge < -0.3 is 5.11 Å². The predicted octanol–water partition coefficient (Wildman–Crippen LogP) is 0.0859. The number of rotatable bonds is 0. The Bertz CT molecular complexity index is 34.5. The molecular weight excluding hydrogens is 354 g/mol. The molecule has 0 saturated carbocycles. The fourth-order valence-electron chi connectivity index (χ4n) is 0. The summed E-state index contributed by atoms with van der Waals surface area (Å²) in [7, 11) is 0. The molecule has 0 saturated heterocycles. The predicted molar refractivity (Wildman–Crippen MR) is 13.3 cm³/mol. The Balaban J connectivity index is -0.0000000450. The molecule has 0 amide bonds. The van der Waals surface area contributed by atoms with Crippen molar-refractivity contribution >= 4 is 5.97 Å². The van der Waals surface area contributed by atoms with Gasteiger partial charge in [-0.1, -0.05) is 0 Å². The standard InChI is InChI=1S/C2H4O2.Pt.Rh/c1-2(3)4;;/h1H3,(H,3,4);;. The van der Waals surface area contributed by atoms with Crippen molar-refractivity contribution in [2.24, 2.45) is 0 Å². The zero-order valence-electron chi connectivity index (χ0n) is 3.01. The van der Waals surface area contributed by atoms with E-state index in [1.807, 2.05) is 0 Å². The van der Waals surface area contributed by atoms with Crippen molar-refractivity contribution in [2.75, 3.05) is 0 Å². The van der Waals surface area contributed by atoms with Gasteiger partial charge in [0.2, 0.25) is 0 Å². The summed E-state index contributed by atoms with van der Waals surface area (Å²) in [6.45, 7) is 1.08. The monoisotopic (exact) mass is 358 g/mol. The van der Waals surface area contributed by atoms with Crippen LogP contribution >= 0.6 is 0 Å². The van der Waals surface area contributed by atoms with Gasteiger partial charge in [-0.25, -0.2) is 0 Å². The largest absolute Gasteiger partial charge is 0.481 e. The Morgan fingerprint density at radius 1 is 1.67 bits per heavy atom. The molecule has 0 aliphatic rings. The van der Waals surface area contributed by atoms with Crippen LogP contribution in [-0.4, -0.2) is 11.1 Å². The van der Waals surface area contributed by atoms with Gasteiger partial charge in [-0.3, -0.25) is 4.79 Å². The van der Waals surface area contributed by atoms with E-state index in [1.165, 1.54) is 0 Å². The van der Waals surface area contributed by atoms with Crippen molar-refractivity contribution in [3.8, 4) is 0 Å². The molecular formula is C2H4O2PtRh. The second-order valence-electron chi connectivity index (χ2n) is 0.519. The van der Waals surface area contributed by atoms with Crippen LogP contribution in [0.1, 0.15) is 6.92 Å². The Labute approximate surface area is 63.3 Å². The molecule has 0 heterocycles. The second kappa shape index (κ2) is 9.24. The zero-order chi connectivity index (χ0) is 3.58. The topological polar surface area (TPSA) is 37.3 Å². The SMILES string of the molecule is CC(=O)O.[Pt].[Rh]. The molecule has 6 heavy (non-hydrogen) atoms. The van der Waals surface area contributed by atoms with E-state index in [2.05, 4.69) is 0 Å². The van der Waals surface area contributed by atoms with Gasteiger partial charge in [0, 0.05) is 47.5 Å². The maximum atomic E-state index is 9.00. The van der Waals surface area contributed by atoms with Gasteiger partial charge in [0.25, 0.3) is 5.97 Å². The Morgan fingerprint density at radius 2 is 1.67 bits per heavy atom. The molecule has 0 aliphatic carbocycles. The first-order chi connectivity index (χ1) is 1.73. The Morgan fingerprint density at radius 3 is 1.67 bits per heavy atom. The third-order valence-corrected chi connectivity index (χ3v) is 0. The average molecular weight is 358 g/mol. The first-order valence-corrected chi connectivity index (χ1v) is 0.928. The van der Waals surface area contributed by atoms with Crippen molar-refractivity contribution in [2.45, 2.75) is 6.92 Å². The van der Waals surface area contributed by atoms with Crippen molar-refractivity contribution in [1.82, 2.24) is 0 Å². The van der Waals surface area contributed by atoms with Gasteiger partial charge in [0.05, 0.1) is 0 Å². The van der Waals surface area contributed by atoms with E-state index in [0.717, 1.165) is 6.92 Å². The molecule has 4 heteroatoms. The molecule has 0 spiro atoms. The number of hydrogen-bond acceptors (Lipinski definition) is 1. The van der Waals surface area contributed by atoms with Gasteiger partial charge >= 0.3 is 0 Å². The van der Waals surface area contributed by atoms with E-state index in [4.69, 9.17) is 9.90 Å². The molecule has 43 valence electrons. The van der Waals surface area contributed by atoms with Crippen LogP contribution in [0.5, 0.6) is 0 Å². The number of hydrogen-bond donors (Lipinski definition) is 1. The summed E-state index contributed by atoms with van der Waals surface area (Å²) in [5, 5.41) is 7.42. The minimum Gasteiger partial charge on any atom is -0.481 e. The van der Waals surface area contributed by atoms with E-state index in [-0.39, 0.29) is 40.5 Å². The van der Waals surface area contributed by atoms with Gasteiger partial charge in [-0.15, -0.1) is 0 Å². The summed E-state index contributed by atoms with van der Waals surface area (Å²) < 4.78 is 0. The fourth-order valence-corrected chi connectivity index (χ4v) is 0. The van der Waals surface area contributed by atoms with Crippen LogP contribution < -0.4 is 0 Å². The second-order valence-corrected chi connectivity index (χ2v) is 0.519. The van der Waals surface area contributed by atoms with Gasteiger partial charge in [-0.2, -0.15) is 0 Å². The molecule has 2 nitrogen and oxygen atoms in total. The molecule has 0 fully saturated rings. The van der Waals surface area contributed by atoms with E-state index in [9.17, 15) is 0 Å². The van der Waals surface area contributed by atoms with E-state index in [0.29, 0.717) is 0 Å². The molecule has 1 N–H and O–H groups in total. The normalized spacial score (nSPS) is 4.17. The summed E-state index contributed by atoms with van der Waals surface area (Å²) in [6, 6.07) is 0. The maximum absolute atomic E-state index is 9.00. The van der Waals surface area contributed by atoms with E-state index >= 15 is 0 Å².